The molecule has 0 radical (unpaired) electrons. The van der Waals surface area contributed by atoms with Gasteiger partial charge in [-0.05, 0) is 36.3 Å². The van der Waals surface area contributed by atoms with Crippen molar-refractivity contribution < 1.29 is 5.11 Å². The number of fused-ring (bicyclic) bond motifs is 1. The van der Waals surface area contributed by atoms with Crippen molar-refractivity contribution in [1.29, 1.82) is 0 Å². The minimum Gasteiger partial charge on any atom is -0.493 e. The largest absolute Gasteiger partial charge is 0.493 e. The number of anilines is 1. The van der Waals surface area contributed by atoms with Crippen molar-refractivity contribution in [2.75, 3.05) is 19.0 Å². The van der Waals surface area contributed by atoms with Crippen LogP contribution in [-0.2, 0) is 0 Å². The maximum absolute atomic E-state index is 10.1. The topological polar surface area (TPSA) is 63.8 Å². The fraction of sp³-hybridized carbons (Fsp3) is 0.174. The number of rotatable bonds is 4. The van der Waals surface area contributed by atoms with Crippen molar-refractivity contribution in [2.45, 2.75) is 13.0 Å². The zero-order chi connectivity index (χ0) is 20.4. The first-order valence-corrected chi connectivity index (χ1v) is 9.44. The van der Waals surface area contributed by atoms with E-state index in [4.69, 9.17) is 5.10 Å². The number of hydrogen-bond donors (Lipinski definition) is 1. The maximum Gasteiger partial charge on any atom is 0.251 e. The number of aliphatic hydroxyl groups is 1. The molecule has 2 aromatic carbocycles. The number of hydrogen-bond acceptors (Lipinski definition) is 6. The first-order chi connectivity index (χ1) is 14.0. The highest BCUT2D eigenvalue weighted by Crippen LogP contribution is 2.30. The summed E-state index contributed by atoms with van der Waals surface area (Å²) in [6, 6.07) is 17.9. The number of nitrogens with zero attached hydrogens (tertiary/aromatic N) is 5. The molecule has 0 aromatic heterocycles. The van der Waals surface area contributed by atoms with Crippen LogP contribution in [0.4, 0.5) is 5.69 Å². The van der Waals surface area contributed by atoms with E-state index in [9.17, 15) is 5.11 Å². The van der Waals surface area contributed by atoms with Gasteiger partial charge in [0.25, 0.3) is 5.96 Å². The zero-order valence-corrected chi connectivity index (χ0v) is 16.7. The lowest BCUT2D eigenvalue weighted by Crippen LogP contribution is -2.37. The second kappa shape index (κ2) is 7.75. The van der Waals surface area contributed by atoms with E-state index in [1.807, 2.05) is 63.5 Å². The molecular formula is C23H23N5O. The van der Waals surface area contributed by atoms with Crippen LogP contribution in [0.3, 0.4) is 0 Å². The molecule has 0 saturated heterocycles. The first kappa shape index (κ1) is 18.7. The average Bonchev–Trinajstić information content (AvgIpc) is 2.73. The summed E-state index contributed by atoms with van der Waals surface area (Å²) >= 11 is 0. The van der Waals surface area contributed by atoms with Crippen LogP contribution in [0.2, 0.25) is 0 Å². The van der Waals surface area contributed by atoms with Gasteiger partial charge in [-0.15, -0.1) is 0 Å². The molecule has 2 aliphatic heterocycles. The molecule has 2 aromatic rings. The number of benzene rings is 2. The van der Waals surface area contributed by atoms with Gasteiger partial charge >= 0.3 is 0 Å². The lowest BCUT2D eigenvalue weighted by molar-refractivity contribution is 0.329. The van der Waals surface area contributed by atoms with Gasteiger partial charge in [0.2, 0.25) is 5.88 Å². The number of hydrazone groups is 1. The molecule has 2 heterocycles. The Balaban J connectivity index is 1.60. The van der Waals surface area contributed by atoms with Crippen LogP contribution in [0.15, 0.2) is 87.7 Å². The fourth-order valence-corrected chi connectivity index (χ4v) is 3.22. The summed E-state index contributed by atoms with van der Waals surface area (Å²) in [6.07, 6.45) is 5.61. The monoisotopic (exact) mass is 385 g/mol. The SMILES string of the molecule is CC1=NN2C(=NC(O)=CC2c2ccccc2)N=C1/C=C/c1ccc(N(C)C)cc1. The minimum atomic E-state index is -0.244. The molecule has 0 amide bonds. The Bertz CT molecular complexity index is 1050. The van der Waals surface area contributed by atoms with Gasteiger partial charge in [0.1, 0.15) is 6.04 Å². The Morgan fingerprint density at radius 3 is 2.38 bits per heavy atom. The molecule has 0 fully saturated rings. The first-order valence-electron chi connectivity index (χ1n) is 9.44. The molecule has 6 heteroatoms. The van der Waals surface area contributed by atoms with Crippen LogP contribution < -0.4 is 4.90 Å². The van der Waals surface area contributed by atoms with Gasteiger partial charge in [-0.25, -0.2) is 10.0 Å². The number of allylic oxidation sites excluding steroid dienone is 1. The summed E-state index contributed by atoms with van der Waals surface area (Å²) in [5.41, 5.74) is 4.75. The number of aliphatic hydroxyl groups excluding tert-OH is 1. The van der Waals surface area contributed by atoms with E-state index < -0.39 is 0 Å². The van der Waals surface area contributed by atoms with Gasteiger partial charge in [0.05, 0.1) is 11.4 Å². The highest BCUT2D eigenvalue weighted by molar-refractivity contribution is 6.48. The Morgan fingerprint density at radius 2 is 1.69 bits per heavy atom. The molecule has 0 aliphatic carbocycles. The summed E-state index contributed by atoms with van der Waals surface area (Å²) in [4.78, 5) is 10.9. The normalized spacial score (nSPS) is 18.6. The highest BCUT2D eigenvalue weighted by Gasteiger charge is 2.30. The van der Waals surface area contributed by atoms with E-state index in [0.29, 0.717) is 5.96 Å². The summed E-state index contributed by atoms with van der Waals surface area (Å²) in [5, 5.41) is 16.6. The van der Waals surface area contributed by atoms with Gasteiger partial charge in [-0.3, -0.25) is 0 Å². The molecule has 29 heavy (non-hydrogen) atoms. The molecule has 4 rings (SSSR count). The number of aliphatic imine (C=N–C) groups is 2. The zero-order valence-electron chi connectivity index (χ0n) is 16.7. The lowest BCUT2D eigenvalue weighted by atomic mass is 10.1. The van der Waals surface area contributed by atoms with Crippen molar-refractivity contribution in [3.63, 3.8) is 0 Å². The second-order valence-electron chi connectivity index (χ2n) is 7.14. The third-order valence-corrected chi connectivity index (χ3v) is 4.82. The molecule has 0 bridgehead atoms. The van der Waals surface area contributed by atoms with Gasteiger partial charge in [-0.2, -0.15) is 10.1 Å². The van der Waals surface area contributed by atoms with E-state index in [0.717, 1.165) is 28.2 Å². The van der Waals surface area contributed by atoms with Gasteiger partial charge in [0.15, 0.2) is 0 Å². The Kier molecular flexibility index (Phi) is 4.99. The molecule has 6 nitrogen and oxygen atoms in total. The van der Waals surface area contributed by atoms with Crippen molar-refractivity contribution >= 4 is 29.1 Å². The van der Waals surface area contributed by atoms with Gasteiger partial charge in [-0.1, -0.05) is 48.5 Å². The Labute approximate surface area is 170 Å². The summed E-state index contributed by atoms with van der Waals surface area (Å²) in [6.45, 7) is 1.93. The van der Waals surface area contributed by atoms with Crippen molar-refractivity contribution in [1.82, 2.24) is 5.01 Å². The van der Waals surface area contributed by atoms with Crippen molar-refractivity contribution in [2.24, 2.45) is 15.1 Å². The van der Waals surface area contributed by atoms with Crippen LogP contribution in [-0.4, -0.2) is 41.6 Å². The van der Waals surface area contributed by atoms with E-state index in [2.05, 4.69) is 39.2 Å². The summed E-state index contributed by atoms with van der Waals surface area (Å²) in [5.74, 6) is 0.332. The minimum absolute atomic E-state index is 0.0498. The molecule has 0 saturated carbocycles. The molecule has 1 atom stereocenters. The van der Waals surface area contributed by atoms with Crippen molar-refractivity contribution in [3.05, 3.63) is 83.8 Å². The van der Waals surface area contributed by atoms with Crippen LogP contribution in [0.5, 0.6) is 0 Å². The molecular weight excluding hydrogens is 362 g/mol. The maximum atomic E-state index is 10.1. The van der Waals surface area contributed by atoms with Crippen molar-refractivity contribution in [3.8, 4) is 0 Å². The van der Waals surface area contributed by atoms with Crippen LogP contribution in [0.25, 0.3) is 6.08 Å². The summed E-state index contributed by atoms with van der Waals surface area (Å²) < 4.78 is 0. The fourth-order valence-electron chi connectivity index (χ4n) is 3.22. The highest BCUT2D eigenvalue weighted by atomic mass is 16.3. The van der Waals surface area contributed by atoms with E-state index >= 15 is 0 Å². The van der Waals surface area contributed by atoms with Crippen LogP contribution in [0, 0.1) is 0 Å². The van der Waals surface area contributed by atoms with Crippen LogP contribution in [0.1, 0.15) is 24.1 Å². The average molecular weight is 385 g/mol. The molecule has 1 N–H and O–H groups in total. The molecule has 0 spiro atoms. The van der Waals surface area contributed by atoms with E-state index in [1.54, 1.807) is 11.1 Å². The molecule has 1 unspecified atom stereocenters. The second-order valence-corrected chi connectivity index (χ2v) is 7.14. The van der Waals surface area contributed by atoms with Gasteiger partial charge in [0, 0.05) is 25.9 Å². The Hall–Kier alpha value is -3.67. The smallest absolute Gasteiger partial charge is 0.251 e. The number of guanidine groups is 1. The predicted octanol–water partition coefficient (Wildman–Crippen LogP) is 4.41. The van der Waals surface area contributed by atoms with E-state index in [-0.39, 0.29) is 11.9 Å². The van der Waals surface area contributed by atoms with Gasteiger partial charge < -0.3 is 10.0 Å². The third kappa shape index (κ3) is 3.96. The lowest BCUT2D eigenvalue weighted by Gasteiger charge is -2.31. The predicted molar refractivity (Wildman–Crippen MR) is 120 cm³/mol. The summed E-state index contributed by atoms with van der Waals surface area (Å²) in [7, 11) is 4.04. The van der Waals surface area contributed by atoms with Crippen LogP contribution >= 0.6 is 0 Å². The standard InChI is InChI=1S/C23H23N5O/c1-16-20(14-11-17-9-12-19(13-10-17)27(2)3)24-23-25-22(29)15-21(28(23)26-16)18-7-5-4-6-8-18/h4-15,21,29H,1-3H3/b14-11+. The van der Waals surface area contributed by atoms with E-state index in [1.165, 1.54) is 0 Å². The quantitative estimate of drug-likeness (QED) is 0.848. The molecule has 2 aliphatic rings. The Morgan fingerprint density at radius 1 is 0.966 bits per heavy atom. The third-order valence-electron chi connectivity index (χ3n) is 4.82. The molecule has 146 valence electrons.